The molecule has 0 aliphatic carbocycles. The molecule has 46 valence electrons. The number of rotatable bonds is 0. The number of nitrogens with zero attached hydrogens (tertiary/aromatic N) is 4. The van der Waals surface area contributed by atoms with E-state index < -0.39 is 0 Å². The Balaban J connectivity index is 2.99. The van der Waals surface area contributed by atoms with Gasteiger partial charge in [-0.25, -0.2) is 0 Å². The first-order chi connectivity index (χ1) is 4.38. The molecule has 2 aromatic heterocycles. The highest BCUT2D eigenvalue weighted by Gasteiger charge is 1.97. The molecule has 2 rings (SSSR count). The van der Waals surface area contributed by atoms with Crippen molar-refractivity contribution in [2.75, 3.05) is 0 Å². The molecule has 0 saturated carbocycles. The third-order valence-corrected chi connectivity index (χ3v) is 1.11. The van der Waals surface area contributed by atoms with Gasteiger partial charge in [-0.3, -0.25) is 0 Å². The molecular formula is C4H4N4O. The van der Waals surface area contributed by atoms with Gasteiger partial charge in [0, 0.05) is 6.07 Å². The van der Waals surface area contributed by atoms with Gasteiger partial charge in [0.15, 0.2) is 12.0 Å². The Labute approximate surface area is 50.1 Å². The van der Waals surface area contributed by atoms with Crippen molar-refractivity contribution in [2.45, 2.75) is 0 Å². The van der Waals surface area contributed by atoms with Crippen LogP contribution in [-0.2, 0) is 0 Å². The fourth-order valence-electron chi connectivity index (χ4n) is 0.703. The molecule has 0 amide bonds. The summed E-state index contributed by atoms with van der Waals surface area (Å²) in [7, 11) is 0. The van der Waals surface area contributed by atoms with Crippen LogP contribution >= 0.6 is 0 Å². The highest BCUT2D eigenvalue weighted by Crippen LogP contribution is 1.95. The van der Waals surface area contributed by atoms with Gasteiger partial charge in [-0.1, -0.05) is 0 Å². The summed E-state index contributed by atoms with van der Waals surface area (Å²) in [5.74, 6) is 0. The molecule has 0 fully saturated rings. The number of hydrogen-bond donors (Lipinski definition) is 1. The second-order valence-electron chi connectivity index (χ2n) is 1.65. The maximum atomic E-state index is 8.89. The van der Waals surface area contributed by atoms with Gasteiger partial charge < -0.3 is 5.21 Å². The van der Waals surface area contributed by atoms with E-state index in [1.54, 1.807) is 12.3 Å². The number of aromatic nitrogens is 4. The maximum Gasteiger partial charge on any atom is 0.193 e. The van der Waals surface area contributed by atoms with E-state index in [1.807, 2.05) is 0 Å². The molecule has 0 bridgehead atoms. The molecule has 0 radical (unpaired) electrons. The fraction of sp³-hybridized carbons (Fsp3) is 0. The van der Waals surface area contributed by atoms with Crippen LogP contribution in [0.3, 0.4) is 0 Å². The molecule has 9 heavy (non-hydrogen) atoms. The average Bonchev–Trinajstić information content (AvgIpc) is 2.35. The topological polar surface area (TPSA) is 55.3 Å². The van der Waals surface area contributed by atoms with Crippen molar-refractivity contribution in [1.82, 2.24) is 19.6 Å². The lowest BCUT2D eigenvalue weighted by atomic mass is 10.7. The van der Waals surface area contributed by atoms with Crippen LogP contribution < -0.4 is 0 Å². The third kappa shape index (κ3) is 0.426. The Hall–Kier alpha value is -1.52. The van der Waals surface area contributed by atoms with Crippen LogP contribution in [0.4, 0.5) is 0 Å². The van der Waals surface area contributed by atoms with E-state index in [2.05, 4.69) is 10.2 Å². The zero-order valence-corrected chi connectivity index (χ0v) is 4.47. The molecule has 2 heterocycles. The highest BCUT2D eigenvalue weighted by molar-refractivity contribution is 5.33. The van der Waals surface area contributed by atoms with Crippen LogP contribution in [0.15, 0.2) is 18.6 Å². The monoisotopic (exact) mass is 124 g/mol. The summed E-state index contributed by atoms with van der Waals surface area (Å²) in [6, 6.07) is 1.66. The normalized spacial score (nSPS) is 10.7. The largest absolute Gasteiger partial charge is 0.425 e. The van der Waals surface area contributed by atoms with Crippen molar-refractivity contribution in [3.05, 3.63) is 18.6 Å². The van der Waals surface area contributed by atoms with Gasteiger partial charge in [0.2, 0.25) is 0 Å². The predicted octanol–water partition coefficient (Wildman–Crippen LogP) is -0.232. The zero-order valence-electron chi connectivity index (χ0n) is 4.47. The van der Waals surface area contributed by atoms with Crippen molar-refractivity contribution in [1.29, 1.82) is 0 Å². The smallest absolute Gasteiger partial charge is 0.193 e. The molecule has 5 nitrogen and oxygen atoms in total. The first kappa shape index (κ1) is 4.37. The van der Waals surface area contributed by atoms with Crippen LogP contribution in [0.5, 0.6) is 0 Å². The Morgan fingerprint density at radius 1 is 1.44 bits per heavy atom. The molecule has 2 aromatic rings. The maximum absolute atomic E-state index is 8.89. The summed E-state index contributed by atoms with van der Waals surface area (Å²) in [5.41, 5.74) is 0.565. The second kappa shape index (κ2) is 1.25. The first-order valence-electron chi connectivity index (χ1n) is 2.44. The summed E-state index contributed by atoms with van der Waals surface area (Å²) in [6.45, 7) is 0. The average molecular weight is 124 g/mol. The van der Waals surface area contributed by atoms with Crippen molar-refractivity contribution in [3.63, 3.8) is 0 Å². The Kier molecular flexibility index (Phi) is 0.606. The Morgan fingerprint density at radius 3 is 3.11 bits per heavy atom. The molecule has 0 aromatic carbocycles. The van der Waals surface area contributed by atoms with E-state index in [9.17, 15) is 0 Å². The van der Waals surface area contributed by atoms with Crippen LogP contribution in [0.25, 0.3) is 5.65 Å². The third-order valence-electron chi connectivity index (χ3n) is 1.11. The van der Waals surface area contributed by atoms with E-state index in [0.29, 0.717) is 5.65 Å². The van der Waals surface area contributed by atoms with Crippen LogP contribution in [-0.4, -0.2) is 24.8 Å². The van der Waals surface area contributed by atoms with Crippen LogP contribution in [0.1, 0.15) is 0 Å². The van der Waals surface area contributed by atoms with Gasteiger partial charge in [-0.05, 0) is 0 Å². The number of hydrogen-bond acceptors (Lipinski definition) is 3. The Morgan fingerprint density at radius 2 is 2.33 bits per heavy atom. The molecule has 0 unspecified atom stereocenters. The minimum Gasteiger partial charge on any atom is -0.425 e. The molecular weight excluding hydrogens is 120 g/mol. The molecule has 1 N–H and O–H groups in total. The minimum absolute atomic E-state index is 0.565. The van der Waals surface area contributed by atoms with Crippen molar-refractivity contribution in [2.24, 2.45) is 0 Å². The minimum atomic E-state index is 0.565. The van der Waals surface area contributed by atoms with Gasteiger partial charge in [0.1, 0.15) is 0 Å². The summed E-state index contributed by atoms with van der Waals surface area (Å²) < 4.78 is 2.24. The lowest BCUT2D eigenvalue weighted by molar-refractivity contribution is 0.197. The van der Waals surface area contributed by atoms with E-state index in [1.165, 1.54) is 11.0 Å². The van der Waals surface area contributed by atoms with Gasteiger partial charge in [0.25, 0.3) is 0 Å². The fourth-order valence-corrected chi connectivity index (χ4v) is 0.703. The zero-order chi connectivity index (χ0) is 6.27. The van der Waals surface area contributed by atoms with E-state index in [-0.39, 0.29) is 0 Å². The van der Waals surface area contributed by atoms with Crippen molar-refractivity contribution < 1.29 is 5.21 Å². The van der Waals surface area contributed by atoms with E-state index in [0.717, 1.165) is 4.73 Å². The second-order valence-corrected chi connectivity index (χ2v) is 1.65. The van der Waals surface area contributed by atoms with Gasteiger partial charge in [-0.15, -0.1) is 9.73 Å². The molecule has 0 spiro atoms. The van der Waals surface area contributed by atoms with Gasteiger partial charge in [0.05, 0.1) is 6.20 Å². The first-order valence-corrected chi connectivity index (χ1v) is 2.44. The number of fused-ring (bicyclic) bond motifs is 1. The highest BCUT2D eigenvalue weighted by atomic mass is 16.5. The standard InChI is InChI=1S/C4H4N4O/c9-7-3-6-8-4(7)1-2-5-8/h1-3,9H. The summed E-state index contributed by atoms with van der Waals surface area (Å²) in [4.78, 5) is 0. The van der Waals surface area contributed by atoms with E-state index in [4.69, 9.17) is 5.21 Å². The van der Waals surface area contributed by atoms with Crippen molar-refractivity contribution >= 4 is 5.65 Å². The van der Waals surface area contributed by atoms with Crippen LogP contribution in [0.2, 0.25) is 0 Å². The lowest BCUT2D eigenvalue weighted by Gasteiger charge is -1.81. The quantitative estimate of drug-likeness (QED) is 0.493. The predicted molar refractivity (Wildman–Crippen MR) is 28.2 cm³/mol. The summed E-state index contributed by atoms with van der Waals surface area (Å²) >= 11 is 0. The molecule has 0 saturated heterocycles. The van der Waals surface area contributed by atoms with Crippen LogP contribution in [0, 0.1) is 0 Å². The van der Waals surface area contributed by atoms with Crippen molar-refractivity contribution in [3.8, 4) is 0 Å². The SMILES string of the molecule is On1cnn2nccc12. The lowest BCUT2D eigenvalue weighted by Crippen LogP contribution is -1.86. The molecule has 0 aliphatic rings. The molecule has 5 heteroatoms. The Bertz CT molecular complexity index is 322. The summed E-state index contributed by atoms with van der Waals surface area (Å²) in [6.07, 6.45) is 2.84. The summed E-state index contributed by atoms with van der Waals surface area (Å²) in [5, 5.41) is 16.4. The van der Waals surface area contributed by atoms with Gasteiger partial charge >= 0.3 is 0 Å². The van der Waals surface area contributed by atoms with Gasteiger partial charge in [-0.2, -0.15) is 9.83 Å². The van der Waals surface area contributed by atoms with E-state index >= 15 is 0 Å². The molecule has 0 aliphatic heterocycles. The molecule has 0 atom stereocenters.